The minimum absolute atomic E-state index is 0.0270. The lowest BCUT2D eigenvalue weighted by atomic mass is 9.90. The topological polar surface area (TPSA) is 49.4 Å². The Morgan fingerprint density at radius 1 is 1.30 bits per heavy atom. The third-order valence-corrected chi connectivity index (χ3v) is 5.77. The van der Waals surface area contributed by atoms with Crippen molar-refractivity contribution in [2.75, 3.05) is 25.6 Å². The van der Waals surface area contributed by atoms with Gasteiger partial charge in [-0.05, 0) is 49.7 Å². The zero-order chi connectivity index (χ0) is 14.7. The van der Waals surface area contributed by atoms with Crippen molar-refractivity contribution in [3.05, 3.63) is 0 Å². The standard InChI is InChI=1S/C15H26N2O2S/c1-10(15(19)17(2)3)16-14(18)9-20-8-13-7-11-4-5-12(13)6-11/h10-13H,4-9H2,1-3H3,(H,16,18)/t10-,11-,12-,13+/m0/s1. The zero-order valence-electron chi connectivity index (χ0n) is 12.7. The Hall–Kier alpha value is -0.710. The Balaban J connectivity index is 1.62. The van der Waals surface area contributed by atoms with Crippen LogP contribution in [0.3, 0.4) is 0 Å². The molecule has 2 aliphatic carbocycles. The van der Waals surface area contributed by atoms with Crippen molar-refractivity contribution in [2.24, 2.45) is 17.8 Å². The van der Waals surface area contributed by atoms with E-state index in [2.05, 4.69) is 5.32 Å². The molecule has 0 radical (unpaired) electrons. The molecule has 4 nitrogen and oxygen atoms in total. The highest BCUT2D eigenvalue weighted by molar-refractivity contribution is 7.99. The summed E-state index contributed by atoms with van der Waals surface area (Å²) in [6.45, 7) is 1.74. The third kappa shape index (κ3) is 3.90. The van der Waals surface area contributed by atoms with Gasteiger partial charge in [0.25, 0.3) is 0 Å². The van der Waals surface area contributed by atoms with Gasteiger partial charge >= 0.3 is 0 Å². The van der Waals surface area contributed by atoms with Crippen LogP contribution in [0.15, 0.2) is 0 Å². The van der Waals surface area contributed by atoms with Crippen LogP contribution in [0.5, 0.6) is 0 Å². The van der Waals surface area contributed by atoms with Gasteiger partial charge in [-0.15, -0.1) is 0 Å². The van der Waals surface area contributed by atoms with E-state index in [9.17, 15) is 9.59 Å². The van der Waals surface area contributed by atoms with Gasteiger partial charge in [0.15, 0.2) is 0 Å². The quantitative estimate of drug-likeness (QED) is 0.813. The van der Waals surface area contributed by atoms with E-state index in [1.807, 2.05) is 0 Å². The molecule has 2 bridgehead atoms. The van der Waals surface area contributed by atoms with Crippen LogP contribution in [0.2, 0.25) is 0 Å². The monoisotopic (exact) mass is 298 g/mol. The van der Waals surface area contributed by atoms with Gasteiger partial charge in [-0.3, -0.25) is 9.59 Å². The summed E-state index contributed by atoms with van der Waals surface area (Å²) in [5.41, 5.74) is 0. The second-order valence-corrected chi connectivity index (χ2v) is 7.50. The van der Waals surface area contributed by atoms with E-state index in [1.54, 1.807) is 32.8 Å². The summed E-state index contributed by atoms with van der Waals surface area (Å²) >= 11 is 1.72. The molecule has 0 aromatic carbocycles. The summed E-state index contributed by atoms with van der Waals surface area (Å²) < 4.78 is 0. The highest BCUT2D eigenvalue weighted by Gasteiger charge is 2.39. The summed E-state index contributed by atoms with van der Waals surface area (Å²) in [6, 6.07) is -0.430. The Bertz CT molecular complexity index is 373. The molecule has 2 fully saturated rings. The van der Waals surface area contributed by atoms with E-state index in [-0.39, 0.29) is 11.8 Å². The Morgan fingerprint density at radius 2 is 2.05 bits per heavy atom. The molecule has 4 atom stereocenters. The van der Waals surface area contributed by atoms with Crippen molar-refractivity contribution in [2.45, 2.75) is 38.6 Å². The van der Waals surface area contributed by atoms with Crippen molar-refractivity contribution in [1.82, 2.24) is 10.2 Å². The first kappa shape index (κ1) is 15.7. The molecule has 0 aliphatic heterocycles. The third-order valence-electron chi connectivity index (χ3n) is 4.64. The Kier molecular flexibility index (Phi) is 5.35. The number of carbonyl (C=O) groups excluding carboxylic acids is 2. The number of nitrogens with one attached hydrogen (secondary N) is 1. The second kappa shape index (κ2) is 6.83. The molecule has 0 unspecified atom stereocenters. The molecule has 2 amide bonds. The van der Waals surface area contributed by atoms with Crippen molar-refractivity contribution < 1.29 is 9.59 Å². The molecule has 5 heteroatoms. The smallest absolute Gasteiger partial charge is 0.244 e. The van der Waals surface area contributed by atoms with E-state index in [4.69, 9.17) is 0 Å². The van der Waals surface area contributed by atoms with Gasteiger partial charge in [-0.1, -0.05) is 6.42 Å². The lowest BCUT2D eigenvalue weighted by molar-refractivity contribution is -0.133. The van der Waals surface area contributed by atoms with E-state index in [1.165, 1.54) is 30.6 Å². The maximum Gasteiger partial charge on any atom is 0.244 e. The number of thioether (sulfide) groups is 1. The van der Waals surface area contributed by atoms with Crippen LogP contribution >= 0.6 is 11.8 Å². The maximum atomic E-state index is 11.8. The van der Waals surface area contributed by atoms with E-state index >= 15 is 0 Å². The molecular formula is C15H26N2O2S. The van der Waals surface area contributed by atoms with E-state index in [0.29, 0.717) is 5.75 Å². The van der Waals surface area contributed by atoms with Gasteiger partial charge in [-0.2, -0.15) is 11.8 Å². The number of fused-ring (bicyclic) bond motifs is 2. The largest absolute Gasteiger partial charge is 0.347 e. The summed E-state index contributed by atoms with van der Waals surface area (Å²) in [7, 11) is 3.41. The average Bonchev–Trinajstić information content (AvgIpc) is 2.99. The zero-order valence-corrected chi connectivity index (χ0v) is 13.5. The number of amides is 2. The summed E-state index contributed by atoms with van der Waals surface area (Å²) in [6.07, 6.45) is 5.62. The van der Waals surface area contributed by atoms with Gasteiger partial charge in [-0.25, -0.2) is 0 Å². The molecular weight excluding hydrogens is 272 g/mol. The van der Waals surface area contributed by atoms with Crippen LogP contribution in [0.4, 0.5) is 0 Å². The highest BCUT2D eigenvalue weighted by Crippen LogP contribution is 2.49. The molecule has 114 valence electrons. The Labute approximate surface area is 126 Å². The molecule has 2 saturated carbocycles. The summed E-state index contributed by atoms with van der Waals surface area (Å²) in [5.74, 6) is 4.20. The van der Waals surface area contributed by atoms with Crippen molar-refractivity contribution in [3.63, 3.8) is 0 Å². The average molecular weight is 298 g/mol. The predicted molar refractivity (Wildman–Crippen MR) is 82.6 cm³/mol. The van der Waals surface area contributed by atoms with Crippen molar-refractivity contribution in [1.29, 1.82) is 0 Å². The number of hydrogen-bond acceptors (Lipinski definition) is 3. The molecule has 20 heavy (non-hydrogen) atoms. The fraction of sp³-hybridized carbons (Fsp3) is 0.867. The number of carbonyl (C=O) groups is 2. The maximum absolute atomic E-state index is 11.8. The van der Waals surface area contributed by atoms with Crippen LogP contribution < -0.4 is 5.32 Å². The lowest BCUT2D eigenvalue weighted by Gasteiger charge is -2.21. The molecule has 2 rings (SSSR count). The molecule has 0 aromatic rings. The summed E-state index contributed by atoms with van der Waals surface area (Å²) in [5, 5.41) is 2.77. The van der Waals surface area contributed by atoms with Crippen LogP contribution in [0.1, 0.15) is 32.6 Å². The molecule has 0 spiro atoms. The number of rotatable bonds is 6. The van der Waals surface area contributed by atoms with Gasteiger partial charge in [0, 0.05) is 14.1 Å². The normalized spacial score (nSPS) is 29.2. The van der Waals surface area contributed by atoms with Gasteiger partial charge in [0.2, 0.25) is 11.8 Å². The molecule has 1 N–H and O–H groups in total. The van der Waals surface area contributed by atoms with E-state index < -0.39 is 6.04 Å². The van der Waals surface area contributed by atoms with Crippen molar-refractivity contribution >= 4 is 23.6 Å². The second-order valence-electron chi connectivity index (χ2n) is 6.47. The van der Waals surface area contributed by atoms with Gasteiger partial charge in [0.05, 0.1) is 5.75 Å². The molecule has 0 saturated heterocycles. The van der Waals surface area contributed by atoms with Crippen LogP contribution in [-0.2, 0) is 9.59 Å². The first-order valence-corrected chi connectivity index (χ1v) is 8.71. The fourth-order valence-corrected chi connectivity index (χ4v) is 4.71. The van der Waals surface area contributed by atoms with Gasteiger partial charge in [0.1, 0.15) is 6.04 Å². The minimum Gasteiger partial charge on any atom is -0.347 e. The first-order valence-electron chi connectivity index (χ1n) is 7.55. The first-order chi connectivity index (χ1) is 9.47. The molecule has 0 aromatic heterocycles. The summed E-state index contributed by atoms with van der Waals surface area (Å²) in [4.78, 5) is 25.0. The lowest BCUT2D eigenvalue weighted by Crippen LogP contribution is -2.44. The fourth-order valence-electron chi connectivity index (χ4n) is 3.62. The molecule has 0 heterocycles. The van der Waals surface area contributed by atoms with Crippen LogP contribution in [-0.4, -0.2) is 48.4 Å². The number of nitrogens with zero attached hydrogens (tertiary/aromatic N) is 1. The van der Waals surface area contributed by atoms with Gasteiger partial charge < -0.3 is 10.2 Å². The minimum atomic E-state index is -0.430. The van der Waals surface area contributed by atoms with Crippen molar-refractivity contribution in [3.8, 4) is 0 Å². The van der Waals surface area contributed by atoms with Crippen LogP contribution in [0, 0.1) is 17.8 Å². The van der Waals surface area contributed by atoms with Crippen LogP contribution in [0.25, 0.3) is 0 Å². The predicted octanol–water partition coefficient (Wildman–Crippen LogP) is 1.75. The van der Waals surface area contributed by atoms with E-state index in [0.717, 1.165) is 23.5 Å². The highest BCUT2D eigenvalue weighted by atomic mass is 32.2. The molecule has 2 aliphatic rings. The number of hydrogen-bond donors (Lipinski definition) is 1. The SMILES string of the molecule is C[C@H](NC(=O)CSC[C@H]1C[C@H]2CC[C@H]1C2)C(=O)N(C)C. The number of likely N-dealkylation sites (N-methyl/N-ethyl adjacent to an activating group) is 1. The Morgan fingerprint density at radius 3 is 2.60 bits per heavy atom.